The zero-order valence-electron chi connectivity index (χ0n) is 15.3. The van der Waals surface area contributed by atoms with Crippen molar-refractivity contribution < 1.29 is 14.3 Å². The number of rotatable bonds is 8. The minimum Gasteiger partial charge on any atom is -0.399 e. The summed E-state index contributed by atoms with van der Waals surface area (Å²) in [6.07, 6.45) is 3.19. The van der Waals surface area contributed by atoms with Gasteiger partial charge in [-0.15, -0.1) is 0 Å². The third-order valence-electron chi connectivity index (χ3n) is 3.94. The van der Waals surface area contributed by atoms with Crippen molar-refractivity contribution in [2.24, 2.45) is 0 Å². The number of hydrogen-bond donors (Lipinski definition) is 3. The highest BCUT2D eigenvalue weighted by Crippen LogP contribution is 2.44. The maximum Gasteiger partial charge on any atom is 0.237 e. The van der Waals surface area contributed by atoms with Gasteiger partial charge < -0.3 is 15.9 Å². The molecule has 8 heteroatoms. The van der Waals surface area contributed by atoms with Crippen LogP contribution in [0.25, 0.3) is 6.08 Å². The maximum absolute atomic E-state index is 12.6. The van der Waals surface area contributed by atoms with E-state index in [1.807, 2.05) is 6.07 Å². The Morgan fingerprint density at radius 3 is 2.79 bits per heavy atom. The topological polar surface area (TPSA) is 92.4 Å². The molecule has 2 unspecified atom stereocenters. The molecule has 0 saturated carbocycles. The average molecular weight is 437 g/mol. The molecule has 0 fully saturated rings. The fourth-order valence-electron chi connectivity index (χ4n) is 2.58. The van der Waals surface area contributed by atoms with Crippen LogP contribution in [0, 0.1) is 0 Å². The van der Waals surface area contributed by atoms with E-state index in [0.717, 1.165) is 10.5 Å². The van der Waals surface area contributed by atoms with Gasteiger partial charge in [0.25, 0.3) is 0 Å². The first-order valence-electron chi connectivity index (χ1n) is 8.39. The fourth-order valence-corrected chi connectivity index (χ4v) is 4.44. The number of carbonyl (C=O) groups is 1. The quantitative estimate of drug-likeness (QED) is 0.315. The lowest BCUT2D eigenvalue weighted by atomic mass is 10.1. The molecule has 0 saturated heterocycles. The van der Waals surface area contributed by atoms with Gasteiger partial charge in [-0.25, -0.2) is 0 Å². The lowest BCUT2D eigenvalue weighted by Gasteiger charge is -2.20. The second-order valence-electron chi connectivity index (χ2n) is 6.21. The lowest BCUT2D eigenvalue weighted by molar-refractivity contribution is -0.119. The summed E-state index contributed by atoms with van der Waals surface area (Å²) in [4.78, 5) is 23.6. The number of nitrogens with one attached hydrogen (secondary N) is 1. The van der Waals surface area contributed by atoms with Crippen molar-refractivity contribution in [2.75, 3.05) is 12.4 Å². The molecule has 0 spiro atoms. The minimum atomic E-state index is -3.72. The Labute approximate surface area is 174 Å². The molecule has 148 valence electrons. The second kappa shape index (κ2) is 9.99. The van der Waals surface area contributed by atoms with E-state index in [0.29, 0.717) is 16.3 Å². The first kappa shape index (κ1) is 22.3. The number of halogens is 1. The number of thioether (sulfide) groups is 1. The van der Waals surface area contributed by atoms with Crippen LogP contribution in [0.5, 0.6) is 0 Å². The summed E-state index contributed by atoms with van der Waals surface area (Å²) in [5.41, 5.74) is 6.74. The van der Waals surface area contributed by atoms with Crippen LogP contribution in [0.4, 0.5) is 5.69 Å². The molecule has 0 heterocycles. The van der Waals surface area contributed by atoms with E-state index in [1.54, 1.807) is 47.9 Å². The monoisotopic (exact) mass is 436 g/mol. The first-order valence-corrected chi connectivity index (χ1v) is 11.8. The van der Waals surface area contributed by atoms with E-state index < -0.39 is 18.9 Å². The Morgan fingerprint density at radius 1 is 1.39 bits per heavy atom. The van der Waals surface area contributed by atoms with Gasteiger partial charge in [0.15, 0.2) is 0 Å². The van der Waals surface area contributed by atoms with E-state index in [2.05, 4.69) is 11.9 Å². The molecular weight excluding hydrogens is 415 g/mol. The van der Waals surface area contributed by atoms with E-state index in [1.165, 1.54) is 24.6 Å². The highest BCUT2D eigenvalue weighted by Gasteiger charge is 2.33. The predicted molar refractivity (Wildman–Crippen MR) is 119 cm³/mol. The number of nitrogens with two attached hydrogens (primary N) is 1. The zero-order chi connectivity index (χ0) is 20.7. The van der Waals surface area contributed by atoms with Gasteiger partial charge in [-0.2, -0.15) is 0 Å². The summed E-state index contributed by atoms with van der Waals surface area (Å²) in [5.74, 6) is -0.539. The van der Waals surface area contributed by atoms with Crippen LogP contribution in [-0.2, 0) is 15.8 Å². The van der Waals surface area contributed by atoms with Crippen LogP contribution in [0.3, 0.4) is 0 Å². The Bertz CT molecular complexity index is 943. The molecule has 0 aliphatic carbocycles. The van der Waals surface area contributed by atoms with Crippen LogP contribution in [0.15, 0.2) is 65.5 Å². The summed E-state index contributed by atoms with van der Waals surface area (Å²) in [7, 11) is -3.72. The van der Waals surface area contributed by atoms with Gasteiger partial charge in [-0.1, -0.05) is 42.1 Å². The minimum absolute atomic E-state index is 0.0823. The number of amides is 1. The molecule has 2 aromatic carbocycles. The fraction of sp³-hybridized carbons (Fsp3) is 0.150. The van der Waals surface area contributed by atoms with Crippen LogP contribution >= 0.6 is 30.7 Å². The van der Waals surface area contributed by atoms with Gasteiger partial charge in [0.1, 0.15) is 5.66 Å². The maximum atomic E-state index is 12.6. The Balaban J connectivity index is 2.20. The second-order valence-corrected chi connectivity index (χ2v) is 10.2. The van der Waals surface area contributed by atoms with Crippen LogP contribution in [0.2, 0.25) is 5.02 Å². The van der Waals surface area contributed by atoms with Crippen molar-refractivity contribution >= 4 is 48.4 Å². The molecule has 2 rings (SSSR count). The van der Waals surface area contributed by atoms with Crippen molar-refractivity contribution in [3.8, 4) is 0 Å². The smallest absolute Gasteiger partial charge is 0.237 e. The highest BCUT2D eigenvalue weighted by molar-refractivity contribution is 8.02. The Hall–Kier alpha value is -1.98. The molecule has 5 nitrogen and oxygen atoms in total. The lowest BCUT2D eigenvalue weighted by Crippen LogP contribution is -2.33. The normalized spacial score (nSPS) is 14.4. The molecule has 2 atom stereocenters. The summed E-state index contributed by atoms with van der Waals surface area (Å²) >= 11 is 7.44. The molecule has 28 heavy (non-hydrogen) atoms. The molecule has 0 aliphatic heterocycles. The zero-order valence-corrected chi connectivity index (χ0v) is 17.8. The standard InChI is InChI=1S/C20H22ClN2O3PS/c1-3-28-19-8-7-16(21)12-15(19)13-18(27(2,25)26)20(24)23-10-9-14-5-4-6-17(22)11-14/h3-12,18H,1,13,22H2,2H3,(H,23,24)(H,25,26)/b10-9+. The van der Waals surface area contributed by atoms with E-state index >= 15 is 0 Å². The largest absolute Gasteiger partial charge is 0.399 e. The van der Waals surface area contributed by atoms with Crippen LogP contribution in [-0.4, -0.2) is 23.1 Å². The van der Waals surface area contributed by atoms with Crippen molar-refractivity contribution in [3.05, 3.63) is 76.8 Å². The van der Waals surface area contributed by atoms with Gasteiger partial charge in [-0.3, -0.25) is 9.36 Å². The van der Waals surface area contributed by atoms with Gasteiger partial charge in [0.2, 0.25) is 13.3 Å². The van der Waals surface area contributed by atoms with Gasteiger partial charge in [0, 0.05) is 28.5 Å². The number of carbonyl (C=O) groups excluding carboxylic acids is 1. The SMILES string of the molecule is C=CSc1ccc(Cl)cc1CC(C(=O)N/C=C/c1cccc(N)c1)P(C)(=O)O. The number of benzene rings is 2. The molecule has 0 bridgehead atoms. The Morgan fingerprint density at radius 2 is 2.14 bits per heavy atom. The number of nitrogen functional groups attached to an aromatic ring is 1. The predicted octanol–water partition coefficient (Wildman–Crippen LogP) is 4.76. The van der Waals surface area contributed by atoms with E-state index in [9.17, 15) is 14.3 Å². The number of anilines is 1. The summed E-state index contributed by atoms with van der Waals surface area (Å²) < 4.78 is 12.4. The Kier molecular flexibility index (Phi) is 7.96. The first-order chi connectivity index (χ1) is 13.2. The van der Waals surface area contributed by atoms with Crippen molar-refractivity contribution in [1.82, 2.24) is 5.32 Å². The van der Waals surface area contributed by atoms with Crippen molar-refractivity contribution in [2.45, 2.75) is 17.0 Å². The van der Waals surface area contributed by atoms with Crippen molar-refractivity contribution in [3.63, 3.8) is 0 Å². The highest BCUT2D eigenvalue weighted by atomic mass is 35.5. The molecule has 0 aromatic heterocycles. The van der Waals surface area contributed by atoms with Gasteiger partial charge >= 0.3 is 0 Å². The molecule has 1 amide bonds. The molecule has 0 radical (unpaired) electrons. The molecule has 0 aliphatic rings. The van der Waals surface area contributed by atoms with Gasteiger partial charge in [0.05, 0.1) is 0 Å². The average Bonchev–Trinajstić information content (AvgIpc) is 2.61. The molecule has 2 aromatic rings. The van der Waals surface area contributed by atoms with Crippen LogP contribution < -0.4 is 11.1 Å². The van der Waals surface area contributed by atoms with E-state index in [4.69, 9.17) is 17.3 Å². The number of hydrogen-bond acceptors (Lipinski definition) is 4. The third-order valence-corrected chi connectivity index (χ3v) is 6.57. The summed E-state index contributed by atoms with van der Waals surface area (Å²) in [6.45, 7) is 4.87. The third kappa shape index (κ3) is 6.57. The molecule has 4 N–H and O–H groups in total. The van der Waals surface area contributed by atoms with Gasteiger partial charge in [-0.05, 0) is 59.4 Å². The van der Waals surface area contributed by atoms with Crippen LogP contribution in [0.1, 0.15) is 11.1 Å². The van der Waals surface area contributed by atoms with Crippen molar-refractivity contribution in [1.29, 1.82) is 0 Å². The van der Waals surface area contributed by atoms with E-state index in [-0.39, 0.29) is 6.42 Å². The molecular formula is C20H22ClN2O3PS. The summed E-state index contributed by atoms with van der Waals surface area (Å²) in [6, 6.07) is 12.4. The summed E-state index contributed by atoms with van der Waals surface area (Å²) in [5, 5.41) is 4.74.